The normalized spacial score (nSPS) is 12.1. The van der Waals surface area contributed by atoms with E-state index in [2.05, 4.69) is 5.16 Å². The largest absolute Gasteiger partial charge is 0.356 e. The molecule has 5 nitrogen and oxygen atoms in total. The van der Waals surface area contributed by atoms with Gasteiger partial charge >= 0.3 is 0 Å². The zero-order valence-electron chi connectivity index (χ0n) is 16.9. The molecular weight excluding hydrogens is 372 g/mol. The third-order valence-electron chi connectivity index (χ3n) is 4.95. The Labute approximate surface area is 167 Å². The van der Waals surface area contributed by atoms with Gasteiger partial charge in [0, 0.05) is 23.7 Å². The Balaban J connectivity index is 2.06. The van der Waals surface area contributed by atoms with Crippen LogP contribution in [0.15, 0.2) is 57.9 Å². The van der Waals surface area contributed by atoms with E-state index in [-0.39, 0.29) is 6.04 Å². The molecule has 0 N–H and O–H groups in total. The average molecular weight is 399 g/mol. The van der Waals surface area contributed by atoms with Gasteiger partial charge in [-0.3, -0.25) is 0 Å². The summed E-state index contributed by atoms with van der Waals surface area (Å²) in [6.45, 7) is 9.72. The molecule has 0 aliphatic carbocycles. The molecule has 0 saturated carbocycles. The molecule has 1 aromatic heterocycles. The molecular formula is C22H26N2O3S. The Kier molecular flexibility index (Phi) is 5.72. The third-order valence-corrected chi connectivity index (χ3v) is 7.12. The zero-order valence-corrected chi connectivity index (χ0v) is 17.7. The molecule has 0 bridgehead atoms. The minimum atomic E-state index is -3.69. The van der Waals surface area contributed by atoms with Gasteiger partial charge in [0.2, 0.25) is 10.0 Å². The highest BCUT2D eigenvalue weighted by molar-refractivity contribution is 7.89. The first-order valence-electron chi connectivity index (χ1n) is 9.31. The van der Waals surface area contributed by atoms with Crippen molar-refractivity contribution in [3.63, 3.8) is 0 Å². The number of hydrogen-bond acceptors (Lipinski definition) is 4. The lowest BCUT2D eigenvalue weighted by Crippen LogP contribution is -2.36. The summed E-state index contributed by atoms with van der Waals surface area (Å²) in [5.41, 5.74) is 4.09. The Morgan fingerprint density at radius 2 is 1.71 bits per heavy atom. The molecule has 0 atom stereocenters. The van der Waals surface area contributed by atoms with Gasteiger partial charge in [-0.15, -0.1) is 0 Å². The molecule has 0 aliphatic heterocycles. The quantitative estimate of drug-likeness (QED) is 0.594. The molecule has 1 heterocycles. The summed E-state index contributed by atoms with van der Waals surface area (Å²) in [7, 11) is -3.69. The van der Waals surface area contributed by atoms with Crippen molar-refractivity contribution in [3.05, 3.63) is 70.9 Å². The second-order valence-electron chi connectivity index (χ2n) is 7.33. The molecule has 0 radical (unpaired) electrons. The van der Waals surface area contributed by atoms with Crippen molar-refractivity contribution in [3.8, 4) is 11.3 Å². The summed E-state index contributed by atoms with van der Waals surface area (Å²) in [4.78, 5) is 0.295. The fourth-order valence-electron chi connectivity index (χ4n) is 3.14. The van der Waals surface area contributed by atoms with E-state index < -0.39 is 10.0 Å². The fraction of sp³-hybridized carbons (Fsp3) is 0.318. The highest BCUT2D eigenvalue weighted by Crippen LogP contribution is 2.31. The van der Waals surface area contributed by atoms with Crippen LogP contribution in [0.3, 0.4) is 0 Å². The fourth-order valence-corrected chi connectivity index (χ4v) is 5.02. The van der Waals surface area contributed by atoms with Gasteiger partial charge in [0.15, 0.2) is 5.76 Å². The van der Waals surface area contributed by atoms with Crippen LogP contribution in [-0.4, -0.2) is 23.9 Å². The van der Waals surface area contributed by atoms with E-state index in [0.29, 0.717) is 28.3 Å². The molecule has 0 spiro atoms. The van der Waals surface area contributed by atoms with Crippen molar-refractivity contribution in [2.24, 2.45) is 0 Å². The maximum atomic E-state index is 13.6. The van der Waals surface area contributed by atoms with Gasteiger partial charge in [-0.05, 0) is 51.8 Å². The van der Waals surface area contributed by atoms with E-state index in [0.717, 1.165) is 16.8 Å². The second-order valence-corrected chi connectivity index (χ2v) is 9.19. The predicted octanol–water partition coefficient (Wildman–Crippen LogP) is 4.87. The standard InChI is InChI=1S/C22H26N2O3S/c1-15(2)24(14-19-9-7-6-8-10-19)28(25,26)21-13-20(12-11-16(21)3)22-17(4)18(5)23-27-22/h6-13,15H,14H2,1-5H3. The van der Waals surface area contributed by atoms with Gasteiger partial charge < -0.3 is 4.52 Å². The van der Waals surface area contributed by atoms with Gasteiger partial charge in [-0.1, -0.05) is 47.6 Å². The second kappa shape index (κ2) is 7.89. The smallest absolute Gasteiger partial charge is 0.243 e. The number of aromatic nitrogens is 1. The van der Waals surface area contributed by atoms with Gasteiger partial charge in [0.25, 0.3) is 0 Å². The summed E-state index contributed by atoms with van der Waals surface area (Å²) < 4.78 is 34.1. The lowest BCUT2D eigenvalue weighted by Gasteiger charge is -2.27. The van der Waals surface area contributed by atoms with Gasteiger partial charge in [-0.2, -0.15) is 4.31 Å². The highest BCUT2D eigenvalue weighted by atomic mass is 32.2. The first-order valence-corrected chi connectivity index (χ1v) is 10.8. The first-order chi connectivity index (χ1) is 13.2. The van der Waals surface area contributed by atoms with E-state index in [9.17, 15) is 8.42 Å². The molecule has 0 amide bonds. The van der Waals surface area contributed by atoms with Crippen molar-refractivity contribution in [1.82, 2.24) is 9.46 Å². The van der Waals surface area contributed by atoms with Gasteiger partial charge in [-0.25, -0.2) is 8.42 Å². The number of benzene rings is 2. The van der Waals surface area contributed by atoms with Crippen LogP contribution in [-0.2, 0) is 16.6 Å². The molecule has 2 aromatic carbocycles. The number of aryl methyl sites for hydroxylation is 2. The Morgan fingerprint density at radius 3 is 2.29 bits per heavy atom. The zero-order chi connectivity index (χ0) is 20.5. The topological polar surface area (TPSA) is 63.4 Å². The lowest BCUT2D eigenvalue weighted by atomic mass is 10.1. The summed E-state index contributed by atoms with van der Waals surface area (Å²) in [5, 5.41) is 3.99. The monoisotopic (exact) mass is 398 g/mol. The SMILES string of the molecule is Cc1ccc(-c2onc(C)c2C)cc1S(=O)(=O)N(Cc1ccccc1)C(C)C. The predicted molar refractivity (Wildman–Crippen MR) is 110 cm³/mol. The lowest BCUT2D eigenvalue weighted by molar-refractivity contribution is 0.348. The average Bonchev–Trinajstić information content (AvgIpc) is 2.99. The van der Waals surface area contributed by atoms with Crippen molar-refractivity contribution >= 4 is 10.0 Å². The molecule has 28 heavy (non-hydrogen) atoms. The molecule has 0 saturated heterocycles. The van der Waals surface area contributed by atoms with Crippen LogP contribution in [0.25, 0.3) is 11.3 Å². The van der Waals surface area contributed by atoms with E-state index in [4.69, 9.17) is 4.52 Å². The van der Waals surface area contributed by atoms with Crippen LogP contribution in [0.2, 0.25) is 0 Å². The van der Waals surface area contributed by atoms with Crippen LogP contribution in [0, 0.1) is 20.8 Å². The van der Waals surface area contributed by atoms with Crippen LogP contribution in [0.4, 0.5) is 0 Å². The Bertz CT molecular complexity index is 1070. The minimum absolute atomic E-state index is 0.178. The van der Waals surface area contributed by atoms with Crippen molar-refractivity contribution < 1.29 is 12.9 Å². The van der Waals surface area contributed by atoms with E-state index in [1.807, 2.05) is 77.1 Å². The van der Waals surface area contributed by atoms with E-state index in [1.165, 1.54) is 4.31 Å². The van der Waals surface area contributed by atoms with Crippen LogP contribution in [0.1, 0.15) is 36.2 Å². The first kappa shape index (κ1) is 20.3. The molecule has 0 fully saturated rings. The molecule has 6 heteroatoms. The number of sulfonamides is 1. The minimum Gasteiger partial charge on any atom is -0.356 e. The van der Waals surface area contributed by atoms with Crippen molar-refractivity contribution in [1.29, 1.82) is 0 Å². The maximum Gasteiger partial charge on any atom is 0.243 e. The van der Waals surface area contributed by atoms with Crippen molar-refractivity contribution in [2.75, 3.05) is 0 Å². The number of rotatable bonds is 6. The summed E-state index contributed by atoms with van der Waals surface area (Å²) in [6.07, 6.45) is 0. The van der Waals surface area contributed by atoms with Gasteiger partial charge in [0.1, 0.15) is 0 Å². The van der Waals surface area contributed by atoms with Gasteiger partial charge in [0.05, 0.1) is 10.6 Å². The number of nitrogens with zero attached hydrogens (tertiary/aromatic N) is 2. The number of hydrogen-bond donors (Lipinski definition) is 0. The van der Waals surface area contributed by atoms with Crippen LogP contribution in [0.5, 0.6) is 0 Å². The molecule has 148 valence electrons. The Morgan fingerprint density at radius 1 is 1.04 bits per heavy atom. The molecule has 3 rings (SSSR count). The molecule has 3 aromatic rings. The highest BCUT2D eigenvalue weighted by Gasteiger charge is 2.29. The van der Waals surface area contributed by atoms with Crippen LogP contribution >= 0.6 is 0 Å². The summed E-state index contributed by atoms with van der Waals surface area (Å²) in [5.74, 6) is 0.605. The van der Waals surface area contributed by atoms with E-state index >= 15 is 0 Å². The Hall–Kier alpha value is -2.44. The van der Waals surface area contributed by atoms with Crippen LogP contribution < -0.4 is 0 Å². The molecule has 0 unspecified atom stereocenters. The third kappa shape index (κ3) is 3.88. The summed E-state index contributed by atoms with van der Waals surface area (Å²) in [6, 6.07) is 14.8. The summed E-state index contributed by atoms with van der Waals surface area (Å²) >= 11 is 0. The van der Waals surface area contributed by atoms with Crippen molar-refractivity contribution in [2.45, 2.75) is 52.1 Å². The maximum absolute atomic E-state index is 13.6. The molecule has 0 aliphatic rings. The van der Waals surface area contributed by atoms with E-state index in [1.54, 1.807) is 6.07 Å².